The summed E-state index contributed by atoms with van der Waals surface area (Å²) in [6, 6.07) is 1.94. The zero-order chi connectivity index (χ0) is 16.7. The molecule has 0 aromatic carbocycles. The van der Waals surface area contributed by atoms with Crippen LogP contribution in [0.15, 0.2) is 4.99 Å². The molecule has 0 radical (unpaired) electrons. The number of hydrogen-bond donors (Lipinski definition) is 2. The van der Waals surface area contributed by atoms with Crippen molar-refractivity contribution in [3.05, 3.63) is 0 Å². The minimum absolute atomic E-state index is 0.558. The van der Waals surface area contributed by atoms with Crippen LogP contribution in [-0.2, 0) is 0 Å². The zero-order valence-corrected chi connectivity index (χ0v) is 15.6. The summed E-state index contributed by atoms with van der Waals surface area (Å²) in [5.74, 6) is 0.949. The zero-order valence-electron chi connectivity index (χ0n) is 15.6. The van der Waals surface area contributed by atoms with E-state index in [4.69, 9.17) is 0 Å². The molecule has 3 atom stereocenters. The molecule has 0 spiro atoms. The first-order chi connectivity index (χ1) is 11.2. The van der Waals surface area contributed by atoms with E-state index in [2.05, 4.69) is 46.2 Å². The van der Waals surface area contributed by atoms with Crippen molar-refractivity contribution in [1.82, 2.24) is 20.4 Å². The average molecular weight is 324 g/mol. The number of likely N-dealkylation sites (tertiary alicyclic amines) is 2. The van der Waals surface area contributed by atoms with Gasteiger partial charge in [-0.2, -0.15) is 0 Å². The Morgan fingerprint density at radius 2 is 2.00 bits per heavy atom. The van der Waals surface area contributed by atoms with E-state index in [1.54, 1.807) is 0 Å². The van der Waals surface area contributed by atoms with Crippen molar-refractivity contribution < 1.29 is 0 Å². The summed E-state index contributed by atoms with van der Waals surface area (Å²) in [7, 11) is 1.87. The van der Waals surface area contributed by atoms with Crippen LogP contribution in [0.25, 0.3) is 0 Å². The first-order valence-electron chi connectivity index (χ1n) is 9.60. The fraction of sp³-hybridized carbons (Fsp3) is 0.944. The molecule has 0 bridgehead atoms. The molecule has 2 fully saturated rings. The van der Waals surface area contributed by atoms with Crippen LogP contribution in [-0.4, -0.2) is 73.7 Å². The second kappa shape index (κ2) is 9.48. The molecule has 0 saturated carbocycles. The second-order valence-corrected chi connectivity index (χ2v) is 7.19. The third-order valence-electron chi connectivity index (χ3n) is 5.62. The maximum absolute atomic E-state index is 4.39. The molecule has 0 aromatic heterocycles. The molecule has 2 heterocycles. The molecular formula is C18H37N5. The van der Waals surface area contributed by atoms with Gasteiger partial charge in [-0.15, -0.1) is 0 Å². The molecule has 5 nitrogen and oxygen atoms in total. The number of likely N-dealkylation sites (N-methyl/N-ethyl adjacent to an activating group) is 1. The van der Waals surface area contributed by atoms with Gasteiger partial charge >= 0.3 is 0 Å². The van der Waals surface area contributed by atoms with Crippen molar-refractivity contribution in [1.29, 1.82) is 0 Å². The molecule has 2 aliphatic rings. The molecule has 0 aromatic rings. The fourth-order valence-electron chi connectivity index (χ4n) is 4.11. The number of hydrogen-bond acceptors (Lipinski definition) is 3. The van der Waals surface area contributed by atoms with E-state index in [9.17, 15) is 0 Å². The van der Waals surface area contributed by atoms with Gasteiger partial charge in [0.05, 0.1) is 0 Å². The van der Waals surface area contributed by atoms with Crippen molar-refractivity contribution in [3.8, 4) is 0 Å². The fourth-order valence-corrected chi connectivity index (χ4v) is 4.11. The highest BCUT2D eigenvalue weighted by molar-refractivity contribution is 5.79. The lowest BCUT2D eigenvalue weighted by atomic mass is 10.0. The first kappa shape index (κ1) is 18.5. The molecular weight excluding hydrogens is 286 g/mol. The Morgan fingerprint density at radius 3 is 2.70 bits per heavy atom. The molecule has 0 amide bonds. The maximum Gasteiger partial charge on any atom is 0.191 e. The van der Waals surface area contributed by atoms with Crippen LogP contribution < -0.4 is 10.6 Å². The van der Waals surface area contributed by atoms with E-state index >= 15 is 0 Å². The summed E-state index contributed by atoms with van der Waals surface area (Å²) in [4.78, 5) is 9.60. The van der Waals surface area contributed by atoms with Crippen LogP contribution in [0.1, 0.15) is 52.9 Å². The standard InChI is InChI=1S/C18H37N5/c1-5-22-11-8-10-17(22)14-21-18(19-4)20-13-16(3)23-12-7-6-9-15(23)2/h15-17H,5-14H2,1-4H3,(H2,19,20,21). The minimum Gasteiger partial charge on any atom is -0.355 e. The lowest BCUT2D eigenvalue weighted by Crippen LogP contribution is -2.51. The normalized spacial score (nSPS) is 28.8. The van der Waals surface area contributed by atoms with Crippen LogP contribution in [0.3, 0.4) is 0 Å². The minimum atomic E-state index is 0.558. The van der Waals surface area contributed by atoms with Gasteiger partial charge in [-0.05, 0) is 59.2 Å². The van der Waals surface area contributed by atoms with Crippen molar-refractivity contribution in [2.45, 2.75) is 71.0 Å². The summed E-state index contributed by atoms with van der Waals surface area (Å²) in [5.41, 5.74) is 0. The number of guanidine groups is 1. The van der Waals surface area contributed by atoms with Crippen molar-refractivity contribution in [2.75, 3.05) is 39.8 Å². The van der Waals surface area contributed by atoms with Crippen LogP contribution in [0, 0.1) is 0 Å². The quantitative estimate of drug-likeness (QED) is 0.579. The summed E-state index contributed by atoms with van der Waals surface area (Å²) in [5, 5.41) is 7.05. The Kier molecular flexibility index (Phi) is 7.63. The number of aliphatic imine (C=N–C) groups is 1. The molecule has 134 valence electrons. The van der Waals surface area contributed by atoms with E-state index in [-0.39, 0.29) is 0 Å². The third kappa shape index (κ3) is 5.35. The number of rotatable bonds is 6. The van der Waals surface area contributed by atoms with Crippen molar-refractivity contribution >= 4 is 5.96 Å². The monoisotopic (exact) mass is 323 g/mol. The van der Waals surface area contributed by atoms with Crippen LogP contribution in [0.5, 0.6) is 0 Å². The number of nitrogens with zero attached hydrogens (tertiary/aromatic N) is 3. The summed E-state index contributed by atoms with van der Waals surface area (Å²) in [6.07, 6.45) is 6.70. The first-order valence-corrected chi connectivity index (χ1v) is 9.60. The molecule has 3 unspecified atom stereocenters. The summed E-state index contributed by atoms with van der Waals surface area (Å²) >= 11 is 0. The van der Waals surface area contributed by atoms with Crippen LogP contribution in [0.4, 0.5) is 0 Å². The smallest absolute Gasteiger partial charge is 0.191 e. The van der Waals surface area contributed by atoms with E-state index in [1.165, 1.54) is 45.2 Å². The van der Waals surface area contributed by atoms with Gasteiger partial charge in [0.2, 0.25) is 0 Å². The Morgan fingerprint density at radius 1 is 1.17 bits per heavy atom. The van der Waals surface area contributed by atoms with E-state index in [1.807, 2.05) is 7.05 Å². The Balaban J connectivity index is 1.72. The highest BCUT2D eigenvalue weighted by Crippen LogP contribution is 2.18. The van der Waals surface area contributed by atoms with Crippen LogP contribution >= 0.6 is 0 Å². The maximum atomic E-state index is 4.39. The van der Waals surface area contributed by atoms with Gasteiger partial charge in [-0.1, -0.05) is 13.3 Å². The highest BCUT2D eigenvalue weighted by Gasteiger charge is 2.24. The Bertz CT molecular complexity index is 370. The topological polar surface area (TPSA) is 42.9 Å². The molecule has 2 N–H and O–H groups in total. The van der Waals surface area contributed by atoms with E-state index in [0.717, 1.165) is 25.6 Å². The second-order valence-electron chi connectivity index (χ2n) is 7.19. The Hall–Kier alpha value is -0.810. The van der Waals surface area contributed by atoms with Crippen molar-refractivity contribution in [3.63, 3.8) is 0 Å². The van der Waals surface area contributed by atoms with E-state index < -0.39 is 0 Å². The van der Waals surface area contributed by atoms with Gasteiger partial charge in [-0.3, -0.25) is 14.8 Å². The molecule has 2 saturated heterocycles. The lowest BCUT2D eigenvalue weighted by molar-refractivity contribution is 0.115. The largest absolute Gasteiger partial charge is 0.355 e. The van der Waals surface area contributed by atoms with Gasteiger partial charge in [-0.25, -0.2) is 0 Å². The predicted octanol–water partition coefficient (Wildman–Crippen LogP) is 1.90. The molecule has 23 heavy (non-hydrogen) atoms. The molecule has 2 aliphatic heterocycles. The average Bonchev–Trinajstić information content (AvgIpc) is 3.02. The molecule has 5 heteroatoms. The van der Waals surface area contributed by atoms with Crippen LogP contribution in [0.2, 0.25) is 0 Å². The van der Waals surface area contributed by atoms with Crippen molar-refractivity contribution in [2.24, 2.45) is 4.99 Å². The van der Waals surface area contributed by atoms with Gasteiger partial charge in [0.1, 0.15) is 0 Å². The van der Waals surface area contributed by atoms with Gasteiger partial charge in [0.25, 0.3) is 0 Å². The summed E-state index contributed by atoms with van der Waals surface area (Å²) < 4.78 is 0. The predicted molar refractivity (Wildman–Crippen MR) is 99.1 cm³/mol. The molecule has 2 rings (SSSR count). The lowest BCUT2D eigenvalue weighted by Gasteiger charge is -2.38. The third-order valence-corrected chi connectivity index (χ3v) is 5.62. The van der Waals surface area contributed by atoms with Gasteiger partial charge in [0, 0.05) is 38.3 Å². The SMILES string of the molecule is CCN1CCCC1CNC(=NC)NCC(C)N1CCCCC1C. The highest BCUT2D eigenvalue weighted by atomic mass is 15.2. The summed E-state index contributed by atoms with van der Waals surface area (Å²) in [6.45, 7) is 12.6. The van der Waals surface area contributed by atoms with E-state index in [0.29, 0.717) is 18.1 Å². The van der Waals surface area contributed by atoms with Gasteiger partial charge in [0.15, 0.2) is 5.96 Å². The number of piperidine rings is 1. The van der Waals surface area contributed by atoms with Gasteiger partial charge < -0.3 is 10.6 Å². The molecule has 0 aliphatic carbocycles. The number of nitrogens with one attached hydrogen (secondary N) is 2. The Labute approximate surface area is 142 Å².